The third-order valence-corrected chi connectivity index (χ3v) is 6.04. The molecule has 0 N–H and O–H groups in total. The lowest BCUT2D eigenvalue weighted by molar-refractivity contribution is 0.233. The van der Waals surface area contributed by atoms with Crippen molar-refractivity contribution in [2.45, 2.75) is 24.1 Å². The fourth-order valence-electron chi connectivity index (χ4n) is 2.99. The number of nitrogens with zero attached hydrogens (tertiary/aromatic N) is 1. The van der Waals surface area contributed by atoms with E-state index in [-0.39, 0.29) is 11.3 Å². The molecule has 0 aliphatic carbocycles. The third kappa shape index (κ3) is 1.89. The minimum atomic E-state index is -2.90. The van der Waals surface area contributed by atoms with E-state index in [2.05, 4.69) is 4.90 Å². The molecular weight excluding hydrogens is 234 g/mol. The van der Waals surface area contributed by atoms with Crippen LogP contribution < -0.4 is 0 Å². The van der Waals surface area contributed by atoms with Gasteiger partial charge in [0.15, 0.2) is 9.84 Å². The van der Waals surface area contributed by atoms with Crippen molar-refractivity contribution in [3.8, 4) is 0 Å². The standard InChI is InChI=1S/C13H17NO2S/c15-17(16)10-12(14-8-4-5-9-14)13(17)11-6-2-1-3-7-11/h1-3,6-7,12-13H,4-5,8-10H2/t12-,13+/m1/s1. The van der Waals surface area contributed by atoms with Crippen molar-refractivity contribution >= 4 is 9.84 Å². The van der Waals surface area contributed by atoms with E-state index in [9.17, 15) is 8.42 Å². The molecular formula is C13H17NO2S. The topological polar surface area (TPSA) is 37.4 Å². The van der Waals surface area contributed by atoms with Crippen LogP contribution >= 0.6 is 0 Å². The van der Waals surface area contributed by atoms with Crippen LogP contribution in [0.4, 0.5) is 0 Å². The molecule has 2 aliphatic rings. The van der Waals surface area contributed by atoms with E-state index in [1.807, 2.05) is 30.3 Å². The van der Waals surface area contributed by atoms with Crippen LogP contribution in [0.5, 0.6) is 0 Å². The van der Waals surface area contributed by atoms with Gasteiger partial charge in [0.25, 0.3) is 0 Å². The third-order valence-electron chi connectivity index (χ3n) is 3.88. The number of sulfone groups is 1. The number of rotatable bonds is 2. The zero-order chi connectivity index (χ0) is 11.9. The second-order valence-corrected chi connectivity index (χ2v) is 7.14. The Kier molecular flexibility index (Phi) is 2.71. The Hall–Kier alpha value is -0.870. The fraction of sp³-hybridized carbons (Fsp3) is 0.538. The van der Waals surface area contributed by atoms with Crippen molar-refractivity contribution in [3.05, 3.63) is 35.9 Å². The monoisotopic (exact) mass is 251 g/mol. The van der Waals surface area contributed by atoms with Gasteiger partial charge in [-0.1, -0.05) is 30.3 Å². The first-order valence-corrected chi connectivity index (χ1v) is 7.90. The number of benzene rings is 1. The molecule has 1 aromatic carbocycles. The molecule has 0 bridgehead atoms. The SMILES string of the molecule is O=S1(=O)C[C@@H](N2CCCC2)[C@@H]1c1ccccc1. The van der Waals surface area contributed by atoms with E-state index < -0.39 is 9.84 Å². The first-order valence-electron chi connectivity index (χ1n) is 6.19. The summed E-state index contributed by atoms with van der Waals surface area (Å²) in [6, 6.07) is 9.85. The Labute approximate surface area is 102 Å². The van der Waals surface area contributed by atoms with Crippen molar-refractivity contribution < 1.29 is 8.42 Å². The first-order chi connectivity index (χ1) is 8.18. The van der Waals surface area contributed by atoms with Crippen LogP contribution in [-0.4, -0.2) is 38.2 Å². The van der Waals surface area contributed by atoms with Gasteiger partial charge in [-0.3, -0.25) is 4.90 Å². The summed E-state index contributed by atoms with van der Waals surface area (Å²) in [7, 11) is -2.90. The molecule has 0 amide bonds. The van der Waals surface area contributed by atoms with Gasteiger partial charge in [0.1, 0.15) is 5.25 Å². The second-order valence-electron chi connectivity index (χ2n) is 4.97. The largest absolute Gasteiger partial charge is 0.298 e. The van der Waals surface area contributed by atoms with Crippen molar-refractivity contribution in [2.75, 3.05) is 18.8 Å². The van der Waals surface area contributed by atoms with E-state index in [4.69, 9.17) is 0 Å². The number of hydrogen-bond acceptors (Lipinski definition) is 3. The summed E-state index contributed by atoms with van der Waals surface area (Å²) >= 11 is 0. The molecule has 2 atom stereocenters. The molecule has 0 spiro atoms. The zero-order valence-corrected chi connectivity index (χ0v) is 10.6. The Balaban J connectivity index is 1.89. The summed E-state index contributed by atoms with van der Waals surface area (Å²) in [6.45, 7) is 2.12. The molecule has 1 aromatic rings. The van der Waals surface area contributed by atoms with Crippen LogP contribution in [-0.2, 0) is 9.84 Å². The second kappa shape index (κ2) is 4.10. The summed E-state index contributed by atoms with van der Waals surface area (Å²) in [5.41, 5.74) is 0.954. The first kappa shape index (κ1) is 11.2. The lowest BCUT2D eigenvalue weighted by Crippen LogP contribution is -2.54. The van der Waals surface area contributed by atoms with Gasteiger partial charge >= 0.3 is 0 Å². The maximum atomic E-state index is 12.0. The molecule has 17 heavy (non-hydrogen) atoms. The zero-order valence-electron chi connectivity index (χ0n) is 9.75. The van der Waals surface area contributed by atoms with Gasteiger partial charge in [-0.15, -0.1) is 0 Å². The average molecular weight is 251 g/mol. The number of likely N-dealkylation sites (tertiary alicyclic amines) is 1. The lowest BCUT2D eigenvalue weighted by Gasteiger charge is -2.42. The Bertz CT molecular complexity index is 491. The van der Waals surface area contributed by atoms with Crippen molar-refractivity contribution in [1.29, 1.82) is 0 Å². The van der Waals surface area contributed by atoms with Gasteiger partial charge in [0.2, 0.25) is 0 Å². The summed E-state index contributed by atoms with van der Waals surface area (Å²) in [4.78, 5) is 2.35. The molecule has 2 saturated heterocycles. The number of hydrogen-bond donors (Lipinski definition) is 0. The Morgan fingerprint density at radius 3 is 2.29 bits per heavy atom. The summed E-state index contributed by atoms with van der Waals surface area (Å²) in [5, 5.41) is -0.290. The van der Waals surface area contributed by atoms with E-state index >= 15 is 0 Å². The highest BCUT2D eigenvalue weighted by Crippen LogP contribution is 2.40. The van der Waals surface area contributed by atoms with Crippen LogP contribution in [0.3, 0.4) is 0 Å². The molecule has 0 aromatic heterocycles. The molecule has 0 radical (unpaired) electrons. The van der Waals surface area contributed by atoms with Gasteiger partial charge in [0, 0.05) is 6.04 Å². The normalized spacial score (nSPS) is 32.2. The highest BCUT2D eigenvalue weighted by molar-refractivity contribution is 7.93. The van der Waals surface area contributed by atoms with E-state index in [0.717, 1.165) is 18.7 Å². The van der Waals surface area contributed by atoms with Crippen molar-refractivity contribution in [3.63, 3.8) is 0 Å². The van der Waals surface area contributed by atoms with Crippen LogP contribution in [0.2, 0.25) is 0 Å². The fourth-order valence-corrected chi connectivity index (χ4v) is 5.04. The predicted molar refractivity (Wildman–Crippen MR) is 67.6 cm³/mol. The highest BCUT2D eigenvalue weighted by Gasteiger charge is 2.49. The molecule has 92 valence electrons. The van der Waals surface area contributed by atoms with Crippen LogP contribution in [0, 0.1) is 0 Å². The summed E-state index contributed by atoms with van der Waals surface area (Å²) in [6.07, 6.45) is 2.41. The highest BCUT2D eigenvalue weighted by atomic mass is 32.2. The maximum absolute atomic E-state index is 12.0. The van der Waals surface area contributed by atoms with Gasteiger partial charge in [0.05, 0.1) is 5.75 Å². The van der Waals surface area contributed by atoms with Crippen LogP contribution in [0.1, 0.15) is 23.7 Å². The van der Waals surface area contributed by atoms with E-state index in [0.29, 0.717) is 5.75 Å². The lowest BCUT2D eigenvalue weighted by atomic mass is 10.0. The van der Waals surface area contributed by atoms with Gasteiger partial charge in [-0.2, -0.15) is 0 Å². The molecule has 3 nitrogen and oxygen atoms in total. The minimum Gasteiger partial charge on any atom is -0.298 e. The van der Waals surface area contributed by atoms with Crippen LogP contribution in [0.25, 0.3) is 0 Å². The smallest absolute Gasteiger partial charge is 0.160 e. The summed E-state index contributed by atoms with van der Waals surface area (Å²) < 4.78 is 23.9. The molecule has 3 rings (SSSR count). The molecule has 2 aliphatic heterocycles. The van der Waals surface area contributed by atoms with Gasteiger partial charge in [-0.25, -0.2) is 8.42 Å². The van der Waals surface area contributed by atoms with Gasteiger partial charge < -0.3 is 0 Å². The molecule has 2 fully saturated rings. The Morgan fingerprint density at radius 1 is 1.06 bits per heavy atom. The quantitative estimate of drug-likeness (QED) is 0.801. The molecule has 4 heteroatoms. The Morgan fingerprint density at radius 2 is 1.71 bits per heavy atom. The molecule has 2 heterocycles. The molecule has 0 unspecified atom stereocenters. The average Bonchev–Trinajstić information content (AvgIpc) is 2.80. The summed E-state index contributed by atoms with van der Waals surface area (Å²) in [5.74, 6) is 0.340. The van der Waals surface area contributed by atoms with Gasteiger partial charge in [-0.05, 0) is 31.5 Å². The van der Waals surface area contributed by atoms with Crippen molar-refractivity contribution in [1.82, 2.24) is 4.90 Å². The van der Waals surface area contributed by atoms with Crippen molar-refractivity contribution in [2.24, 2.45) is 0 Å². The van der Waals surface area contributed by atoms with Crippen LogP contribution in [0.15, 0.2) is 30.3 Å². The van der Waals surface area contributed by atoms with E-state index in [1.54, 1.807) is 0 Å². The van der Waals surface area contributed by atoms with E-state index in [1.165, 1.54) is 12.8 Å². The predicted octanol–water partition coefficient (Wildman–Crippen LogP) is 1.62. The molecule has 0 saturated carbocycles. The maximum Gasteiger partial charge on any atom is 0.160 e. The minimum absolute atomic E-state index is 0.213.